The number of likely N-dealkylation sites (tertiary alicyclic amines) is 1. The number of hydrogen-bond acceptors (Lipinski definition) is 12. The predicted molar refractivity (Wildman–Crippen MR) is 267 cm³/mol. The number of fused-ring (bicyclic) bond motifs is 3. The maximum atomic E-state index is 14.2. The van der Waals surface area contributed by atoms with E-state index in [1.54, 1.807) is 54.7 Å². The van der Waals surface area contributed by atoms with Gasteiger partial charge in [-0.3, -0.25) is 28.7 Å². The van der Waals surface area contributed by atoms with Gasteiger partial charge in [-0.15, -0.1) is 21.5 Å². The molecule has 3 aliphatic rings. The van der Waals surface area contributed by atoms with Crippen LogP contribution in [0.4, 0.5) is 0 Å². The smallest absolute Gasteiger partial charge is 0.246 e. The molecule has 1 saturated carbocycles. The number of aromatic nitrogens is 3. The van der Waals surface area contributed by atoms with Gasteiger partial charge in [-0.1, -0.05) is 68.8 Å². The van der Waals surface area contributed by atoms with Crippen molar-refractivity contribution in [3.05, 3.63) is 122 Å². The minimum atomic E-state index is -3.39. The summed E-state index contributed by atoms with van der Waals surface area (Å²) in [6, 6.07) is 17.8. The highest BCUT2D eigenvalue weighted by molar-refractivity contribution is 7.90. The molecular weight excluding hydrogens is 952 g/mol. The zero-order valence-corrected chi connectivity index (χ0v) is 42.8. The van der Waals surface area contributed by atoms with Gasteiger partial charge in [0.2, 0.25) is 23.6 Å². The van der Waals surface area contributed by atoms with Gasteiger partial charge in [0, 0.05) is 59.1 Å². The third kappa shape index (κ3) is 11.0. The Hall–Kier alpha value is -5.95. The van der Waals surface area contributed by atoms with Crippen LogP contribution in [0.15, 0.2) is 82.7 Å². The molecule has 0 radical (unpaired) electrons. The van der Waals surface area contributed by atoms with Crippen molar-refractivity contribution >= 4 is 62.1 Å². The molecule has 0 unspecified atom stereocenters. The van der Waals surface area contributed by atoms with E-state index >= 15 is 0 Å². The van der Waals surface area contributed by atoms with Crippen molar-refractivity contribution in [1.82, 2.24) is 35.6 Å². The van der Waals surface area contributed by atoms with Crippen LogP contribution in [0.2, 0.25) is 5.02 Å². The molecule has 4 heterocycles. The van der Waals surface area contributed by atoms with Crippen LogP contribution in [0, 0.1) is 26.2 Å². The Labute approximate surface area is 417 Å². The molecule has 370 valence electrons. The molecule has 5 aromatic rings. The maximum absolute atomic E-state index is 14.2. The first-order valence-corrected chi connectivity index (χ1v) is 26.4. The van der Waals surface area contributed by atoms with Gasteiger partial charge in [-0.25, -0.2) is 8.42 Å². The molecule has 1 saturated heterocycles. The van der Waals surface area contributed by atoms with Crippen LogP contribution in [-0.2, 0) is 35.4 Å². The number of aliphatic hydroxyl groups is 1. The van der Waals surface area contributed by atoms with Gasteiger partial charge >= 0.3 is 0 Å². The maximum Gasteiger partial charge on any atom is 0.246 e. The molecule has 0 spiro atoms. The molecule has 3 aromatic carbocycles. The average Bonchev–Trinajstić information content (AvgIpc) is 3.94. The van der Waals surface area contributed by atoms with E-state index in [9.17, 15) is 32.7 Å². The fourth-order valence-electron chi connectivity index (χ4n) is 9.17. The lowest BCUT2D eigenvalue weighted by molar-refractivity contribution is -0.144. The number of aliphatic hydroxyl groups excluding tert-OH is 1. The summed E-state index contributed by atoms with van der Waals surface area (Å²) in [4.78, 5) is 62.8. The fraction of sp³-hybridized carbons (Fsp3) is 0.431. The van der Waals surface area contributed by atoms with Gasteiger partial charge in [-0.2, -0.15) is 0 Å². The van der Waals surface area contributed by atoms with Gasteiger partial charge in [0.05, 0.1) is 35.6 Å². The lowest BCUT2D eigenvalue weighted by Gasteiger charge is -2.36. The van der Waals surface area contributed by atoms with E-state index in [1.807, 2.05) is 56.5 Å². The van der Waals surface area contributed by atoms with Crippen LogP contribution < -0.4 is 20.7 Å². The fourth-order valence-corrected chi connectivity index (χ4v) is 11.1. The van der Waals surface area contributed by atoms with Crippen LogP contribution in [0.25, 0.3) is 5.00 Å². The van der Waals surface area contributed by atoms with Crippen LogP contribution in [-0.4, -0.2) is 106 Å². The van der Waals surface area contributed by atoms with E-state index in [0.29, 0.717) is 40.6 Å². The molecule has 5 atom stereocenters. The summed E-state index contributed by atoms with van der Waals surface area (Å²) >= 11 is 7.92. The van der Waals surface area contributed by atoms with Gasteiger partial charge in [0.15, 0.2) is 15.7 Å². The first kappa shape index (κ1) is 50.4. The van der Waals surface area contributed by atoms with E-state index < -0.39 is 57.3 Å². The summed E-state index contributed by atoms with van der Waals surface area (Å²) in [5.41, 5.74) is 4.42. The van der Waals surface area contributed by atoms with Crippen molar-refractivity contribution in [2.24, 2.45) is 10.4 Å². The molecule has 0 bridgehead atoms. The molecular formula is C51H59ClN8O8S2. The number of β-amino-alcohol motifs (C(OH)–C–C–N with tert-alkyl or cyclic N) is 1. The van der Waals surface area contributed by atoms with Crippen molar-refractivity contribution in [2.45, 2.75) is 128 Å². The van der Waals surface area contributed by atoms with E-state index in [4.69, 9.17) is 21.3 Å². The minimum Gasteiger partial charge on any atom is -0.490 e. The first-order chi connectivity index (χ1) is 33.0. The molecule has 4 N–H and O–H groups in total. The molecule has 4 amide bonds. The van der Waals surface area contributed by atoms with E-state index in [0.717, 1.165) is 44.4 Å². The standard InChI is InChI=1S/C51H59ClN8O8S2/c1-27-29(3)69-50-44(27)45(33-11-15-34(52)16-12-33)55-40(47-58-57-30(4)60(47)50)25-43(63)54-35-22-38(23-35)68-37-17-9-31(10-18-37)21-42(62)56-46(51(5,6)7)49(65)59-26-36(61)24-41(59)48(64)53-28(2)32-13-19-39(20-14-32)70(8,66)67/h9-20,28,35-36,38,40-41,46,61H,21-26H2,1-8H3,(H,53,64)(H,54,63)(H,56,62)/t28-,35?,36+,38?,40-,41-,46+/m0/s1. The van der Waals surface area contributed by atoms with Gasteiger partial charge in [-0.05, 0) is 86.2 Å². The Morgan fingerprint density at radius 2 is 1.59 bits per heavy atom. The predicted octanol–water partition coefficient (Wildman–Crippen LogP) is 6.23. The summed E-state index contributed by atoms with van der Waals surface area (Å²) in [5.74, 6) is 0.460. The number of aliphatic imine (C=N–C) groups is 1. The number of amides is 4. The van der Waals surface area contributed by atoms with Crippen LogP contribution >= 0.6 is 22.9 Å². The summed E-state index contributed by atoms with van der Waals surface area (Å²) in [7, 11) is -3.39. The minimum absolute atomic E-state index is 0.0184. The highest BCUT2D eigenvalue weighted by atomic mass is 35.5. The van der Waals surface area contributed by atoms with Crippen molar-refractivity contribution in [2.75, 3.05) is 12.8 Å². The van der Waals surface area contributed by atoms with E-state index in [-0.39, 0.29) is 54.7 Å². The van der Waals surface area contributed by atoms with Crippen molar-refractivity contribution in [3.8, 4) is 10.8 Å². The monoisotopic (exact) mass is 1010 g/mol. The van der Waals surface area contributed by atoms with Crippen molar-refractivity contribution in [3.63, 3.8) is 0 Å². The summed E-state index contributed by atoms with van der Waals surface area (Å²) in [6.45, 7) is 13.2. The Bertz CT molecular complexity index is 2940. The zero-order chi connectivity index (χ0) is 50.4. The number of hydrogen-bond donors (Lipinski definition) is 4. The summed E-state index contributed by atoms with van der Waals surface area (Å²) in [6.07, 6.45) is 1.38. The number of nitrogens with one attached hydrogen (secondary N) is 3. The Morgan fingerprint density at radius 3 is 2.23 bits per heavy atom. The average molecular weight is 1010 g/mol. The number of benzene rings is 3. The van der Waals surface area contributed by atoms with E-state index in [1.165, 1.54) is 17.0 Å². The number of thiophene rings is 1. The lowest BCUT2D eigenvalue weighted by atomic mass is 9.85. The molecule has 8 rings (SSSR count). The number of halogens is 1. The van der Waals surface area contributed by atoms with Gasteiger partial charge in [0.25, 0.3) is 0 Å². The van der Waals surface area contributed by atoms with Gasteiger partial charge < -0.3 is 30.7 Å². The summed E-state index contributed by atoms with van der Waals surface area (Å²) < 4.78 is 32.1. The topological polar surface area (TPSA) is 214 Å². The van der Waals surface area contributed by atoms with E-state index in [2.05, 4.69) is 40.0 Å². The highest BCUT2D eigenvalue weighted by Gasteiger charge is 2.45. The number of sulfone groups is 1. The number of rotatable bonds is 14. The molecule has 70 heavy (non-hydrogen) atoms. The third-order valence-corrected chi connectivity index (χ3v) is 15.8. The number of nitrogens with zero attached hydrogens (tertiary/aromatic N) is 5. The van der Waals surface area contributed by atoms with Crippen molar-refractivity contribution in [1.29, 1.82) is 0 Å². The third-order valence-electron chi connectivity index (χ3n) is 13.2. The normalized spacial score (nSPS) is 20.7. The molecule has 2 fully saturated rings. The largest absolute Gasteiger partial charge is 0.490 e. The van der Waals surface area contributed by atoms with Crippen LogP contribution in [0.5, 0.6) is 5.75 Å². The Balaban J connectivity index is 0.837. The van der Waals surface area contributed by atoms with Gasteiger partial charge in [0.1, 0.15) is 40.8 Å². The number of ether oxygens (including phenoxy) is 1. The molecule has 2 aromatic heterocycles. The second-order valence-electron chi connectivity index (χ2n) is 19.7. The Kier molecular flexibility index (Phi) is 14.4. The number of carbonyl (C=O) groups excluding carboxylic acids is 4. The van der Waals surface area contributed by atoms with Crippen LogP contribution in [0.1, 0.15) is 110 Å². The second kappa shape index (κ2) is 20.0. The highest BCUT2D eigenvalue weighted by Crippen LogP contribution is 2.40. The summed E-state index contributed by atoms with van der Waals surface area (Å²) in [5, 5.41) is 30.1. The molecule has 16 nitrogen and oxygen atoms in total. The van der Waals surface area contributed by atoms with Crippen LogP contribution in [0.3, 0.4) is 0 Å². The molecule has 19 heteroatoms. The van der Waals surface area contributed by atoms with Crippen molar-refractivity contribution < 1.29 is 37.4 Å². The molecule has 1 aliphatic carbocycles. The SMILES string of the molecule is Cc1sc2c(c1C)C(c1ccc(Cl)cc1)=N[C@@H](CC(=O)NC1CC(Oc3ccc(CC(=O)N[C@H](C(=O)N4C[C@H](O)C[C@H]4C(=O)N[C@@H](C)c4ccc(S(C)(=O)=O)cc4)C(C)(C)C)cc3)C1)c1nnc(C)n1-2. The second-order valence-corrected chi connectivity index (χ2v) is 23.4. The number of aryl methyl sites for hydroxylation is 2. The quantitative estimate of drug-likeness (QED) is 0.0984. The zero-order valence-electron chi connectivity index (χ0n) is 40.4. The first-order valence-electron chi connectivity index (χ1n) is 23.3. The number of carbonyl (C=O) groups is 4. The Morgan fingerprint density at radius 1 is 0.914 bits per heavy atom. The lowest BCUT2D eigenvalue weighted by Crippen LogP contribution is -2.58. The molecule has 2 aliphatic heterocycles.